The lowest BCUT2D eigenvalue weighted by atomic mass is 10.0. The van der Waals surface area contributed by atoms with E-state index < -0.39 is 5.78 Å². The number of hydrogen-bond donors (Lipinski definition) is 2. The summed E-state index contributed by atoms with van der Waals surface area (Å²) in [6.07, 6.45) is 1.51. The van der Waals surface area contributed by atoms with Crippen molar-refractivity contribution in [2.45, 2.75) is 0 Å². The second-order valence-corrected chi connectivity index (χ2v) is 4.75. The molecule has 2 aromatic carbocycles. The van der Waals surface area contributed by atoms with Gasteiger partial charge >= 0.3 is 0 Å². The summed E-state index contributed by atoms with van der Waals surface area (Å²) in [6.45, 7) is 0. The number of para-hydroxylation sites is 1. The number of pyridine rings is 1. The zero-order chi connectivity index (χ0) is 15.7. The predicted molar refractivity (Wildman–Crippen MR) is 81.5 cm³/mol. The van der Waals surface area contributed by atoms with E-state index in [1.165, 1.54) is 31.5 Å². The van der Waals surface area contributed by atoms with E-state index in [2.05, 4.69) is 4.98 Å². The Morgan fingerprint density at radius 2 is 1.86 bits per heavy atom. The summed E-state index contributed by atoms with van der Waals surface area (Å²) in [7, 11) is 1.45. The first-order valence-electron chi connectivity index (χ1n) is 6.60. The Hall–Kier alpha value is -3.08. The van der Waals surface area contributed by atoms with Gasteiger partial charge in [-0.05, 0) is 35.7 Å². The van der Waals surface area contributed by atoms with Crippen molar-refractivity contribution < 1.29 is 19.7 Å². The number of aromatic nitrogens is 1. The molecule has 22 heavy (non-hydrogen) atoms. The van der Waals surface area contributed by atoms with Gasteiger partial charge in [-0.1, -0.05) is 12.1 Å². The van der Waals surface area contributed by atoms with E-state index in [0.717, 1.165) is 0 Å². The highest BCUT2D eigenvalue weighted by atomic mass is 16.5. The molecule has 1 heterocycles. The van der Waals surface area contributed by atoms with Crippen LogP contribution in [0.3, 0.4) is 0 Å². The Kier molecular flexibility index (Phi) is 3.39. The highest BCUT2D eigenvalue weighted by Crippen LogP contribution is 2.33. The van der Waals surface area contributed by atoms with Crippen LogP contribution in [0.15, 0.2) is 48.7 Å². The van der Waals surface area contributed by atoms with Crippen LogP contribution in [0, 0.1) is 0 Å². The Morgan fingerprint density at radius 3 is 2.59 bits per heavy atom. The molecule has 5 heteroatoms. The van der Waals surface area contributed by atoms with Crippen LogP contribution in [0.1, 0.15) is 16.1 Å². The first-order valence-corrected chi connectivity index (χ1v) is 6.60. The highest BCUT2D eigenvalue weighted by molar-refractivity contribution is 6.16. The summed E-state index contributed by atoms with van der Waals surface area (Å²) in [5, 5.41) is 21.0. The second kappa shape index (κ2) is 5.37. The minimum Gasteiger partial charge on any atom is -0.507 e. The number of hydrogen-bond acceptors (Lipinski definition) is 5. The molecular weight excluding hydrogens is 282 g/mol. The molecule has 0 aliphatic rings. The lowest BCUT2D eigenvalue weighted by Gasteiger charge is -2.09. The molecule has 2 N–H and O–H groups in total. The van der Waals surface area contributed by atoms with E-state index in [1.54, 1.807) is 24.3 Å². The molecule has 5 nitrogen and oxygen atoms in total. The third-order valence-electron chi connectivity index (χ3n) is 3.43. The molecule has 0 aliphatic carbocycles. The van der Waals surface area contributed by atoms with Gasteiger partial charge in [0.1, 0.15) is 11.4 Å². The minimum absolute atomic E-state index is 0.0747. The Labute approximate surface area is 126 Å². The highest BCUT2D eigenvalue weighted by Gasteiger charge is 2.18. The molecule has 0 radical (unpaired) electrons. The van der Waals surface area contributed by atoms with Gasteiger partial charge in [0.05, 0.1) is 12.7 Å². The lowest BCUT2D eigenvalue weighted by molar-refractivity contribution is 0.103. The average molecular weight is 295 g/mol. The SMILES string of the molecule is COc1cc2ccnc(C(=O)c3ccccc3O)c2cc1O. The summed E-state index contributed by atoms with van der Waals surface area (Å²) >= 11 is 0. The largest absolute Gasteiger partial charge is 0.507 e. The Balaban J connectivity index is 2.21. The molecule has 0 aliphatic heterocycles. The van der Waals surface area contributed by atoms with Crippen molar-refractivity contribution in [1.29, 1.82) is 0 Å². The number of fused-ring (bicyclic) bond motifs is 1. The first kappa shape index (κ1) is 13.9. The summed E-state index contributed by atoms with van der Waals surface area (Å²) < 4.78 is 5.06. The lowest BCUT2D eigenvalue weighted by Crippen LogP contribution is -2.05. The van der Waals surface area contributed by atoms with Crippen LogP contribution in [0.25, 0.3) is 10.8 Å². The molecule has 0 bridgehead atoms. The normalized spacial score (nSPS) is 10.6. The van der Waals surface area contributed by atoms with Gasteiger partial charge in [0.15, 0.2) is 11.5 Å². The van der Waals surface area contributed by atoms with Gasteiger partial charge in [0.2, 0.25) is 5.78 Å². The minimum atomic E-state index is -0.409. The number of nitrogens with zero attached hydrogens (tertiary/aromatic N) is 1. The second-order valence-electron chi connectivity index (χ2n) is 4.75. The van der Waals surface area contributed by atoms with Gasteiger partial charge < -0.3 is 14.9 Å². The van der Waals surface area contributed by atoms with Crippen LogP contribution in [0.5, 0.6) is 17.2 Å². The molecule has 0 saturated heterocycles. The van der Waals surface area contributed by atoms with Crippen molar-refractivity contribution >= 4 is 16.6 Å². The molecule has 110 valence electrons. The summed E-state index contributed by atoms with van der Waals surface area (Å²) in [5.41, 5.74) is 0.328. The van der Waals surface area contributed by atoms with Gasteiger partial charge in [0.25, 0.3) is 0 Å². The van der Waals surface area contributed by atoms with Crippen LogP contribution in [-0.4, -0.2) is 28.1 Å². The van der Waals surface area contributed by atoms with Gasteiger partial charge in [-0.25, -0.2) is 0 Å². The van der Waals surface area contributed by atoms with Crippen molar-refractivity contribution in [3.8, 4) is 17.2 Å². The standard InChI is InChI=1S/C17H13NO4/c1-22-15-8-10-6-7-18-16(12(10)9-14(15)20)17(21)11-4-2-3-5-13(11)19/h2-9,19-20H,1H3. The molecule has 3 aromatic rings. The number of carbonyl (C=O) groups excluding carboxylic acids is 1. The zero-order valence-corrected chi connectivity index (χ0v) is 11.8. The fourth-order valence-corrected chi connectivity index (χ4v) is 2.33. The average Bonchev–Trinajstić information content (AvgIpc) is 2.53. The quantitative estimate of drug-likeness (QED) is 0.726. The number of carbonyl (C=O) groups is 1. The van der Waals surface area contributed by atoms with Crippen LogP contribution in [0.2, 0.25) is 0 Å². The maximum atomic E-state index is 12.6. The van der Waals surface area contributed by atoms with Crippen molar-refractivity contribution in [1.82, 2.24) is 4.98 Å². The van der Waals surface area contributed by atoms with Crippen molar-refractivity contribution in [3.05, 3.63) is 59.9 Å². The number of phenols is 2. The number of rotatable bonds is 3. The summed E-state index contributed by atoms with van der Waals surface area (Å²) in [6, 6.07) is 11.1. The topological polar surface area (TPSA) is 79.7 Å². The van der Waals surface area contributed by atoms with E-state index in [-0.39, 0.29) is 22.8 Å². The van der Waals surface area contributed by atoms with Crippen molar-refractivity contribution in [2.24, 2.45) is 0 Å². The summed E-state index contributed by atoms with van der Waals surface area (Å²) in [5.74, 6) is -0.272. The fraction of sp³-hybridized carbons (Fsp3) is 0.0588. The summed E-state index contributed by atoms with van der Waals surface area (Å²) in [4.78, 5) is 16.7. The Morgan fingerprint density at radius 1 is 1.09 bits per heavy atom. The molecule has 3 rings (SSSR count). The van der Waals surface area contributed by atoms with Crippen molar-refractivity contribution in [2.75, 3.05) is 7.11 Å². The Bertz CT molecular complexity index is 874. The molecule has 0 fully saturated rings. The van der Waals surface area contributed by atoms with Crippen LogP contribution in [0.4, 0.5) is 0 Å². The number of benzene rings is 2. The van der Waals surface area contributed by atoms with E-state index >= 15 is 0 Å². The molecular formula is C17H13NO4. The molecule has 0 unspecified atom stereocenters. The fourth-order valence-electron chi connectivity index (χ4n) is 2.33. The van der Waals surface area contributed by atoms with Gasteiger partial charge in [-0.2, -0.15) is 0 Å². The number of phenolic OH excluding ortho intramolecular Hbond substituents is 2. The van der Waals surface area contributed by atoms with Gasteiger partial charge in [-0.3, -0.25) is 9.78 Å². The molecule has 0 saturated carbocycles. The smallest absolute Gasteiger partial charge is 0.215 e. The number of methoxy groups -OCH3 is 1. The van der Waals surface area contributed by atoms with E-state index in [4.69, 9.17) is 4.74 Å². The number of ketones is 1. The third kappa shape index (κ3) is 2.22. The predicted octanol–water partition coefficient (Wildman–Crippen LogP) is 2.89. The van der Waals surface area contributed by atoms with E-state index in [0.29, 0.717) is 16.5 Å². The monoisotopic (exact) mass is 295 g/mol. The van der Waals surface area contributed by atoms with E-state index in [9.17, 15) is 15.0 Å². The van der Waals surface area contributed by atoms with E-state index in [1.807, 2.05) is 0 Å². The maximum absolute atomic E-state index is 12.6. The molecule has 0 amide bonds. The first-order chi connectivity index (χ1) is 10.6. The van der Waals surface area contributed by atoms with Crippen LogP contribution >= 0.6 is 0 Å². The van der Waals surface area contributed by atoms with Crippen LogP contribution < -0.4 is 4.74 Å². The molecule has 1 aromatic heterocycles. The molecule has 0 atom stereocenters. The molecule has 0 spiro atoms. The van der Waals surface area contributed by atoms with Gasteiger partial charge in [-0.15, -0.1) is 0 Å². The zero-order valence-electron chi connectivity index (χ0n) is 11.8. The third-order valence-corrected chi connectivity index (χ3v) is 3.43. The van der Waals surface area contributed by atoms with Crippen molar-refractivity contribution in [3.63, 3.8) is 0 Å². The number of aromatic hydroxyl groups is 2. The number of ether oxygens (including phenoxy) is 1. The maximum Gasteiger partial charge on any atom is 0.215 e. The van der Waals surface area contributed by atoms with Gasteiger partial charge in [0, 0.05) is 11.6 Å². The van der Waals surface area contributed by atoms with Crippen LogP contribution in [-0.2, 0) is 0 Å².